The highest BCUT2D eigenvalue weighted by molar-refractivity contribution is 9.10. The maximum absolute atomic E-state index is 10.4. The lowest BCUT2D eigenvalue weighted by Crippen LogP contribution is -1.93. The molecule has 0 N–H and O–H groups in total. The summed E-state index contributed by atoms with van der Waals surface area (Å²) in [6, 6.07) is 3.20. The predicted molar refractivity (Wildman–Crippen MR) is 86.7 cm³/mol. The molecule has 2 aromatic heterocycles. The van der Waals surface area contributed by atoms with Gasteiger partial charge in [-0.2, -0.15) is 0 Å². The van der Waals surface area contributed by atoms with E-state index in [1.54, 1.807) is 26.0 Å². The van der Waals surface area contributed by atoms with Gasteiger partial charge in [0, 0.05) is 23.5 Å². The van der Waals surface area contributed by atoms with Gasteiger partial charge in [0.2, 0.25) is 0 Å². The topological polar surface area (TPSA) is 112 Å². The van der Waals surface area contributed by atoms with E-state index in [2.05, 4.69) is 41.8 Å². The minimum absolute atomic E-state index is 0.0347. The number of halogens is 2. The van der Waals surface area contributed by atoms with Crippen LogP contribution >= 0.6 is 31.9 Å². The van der Waals surface area contributed by atoms with E-state index in [1.165, 1.54) is 12.4 Å². The SMILES string of the molecule is Cc1ccnc(Br)c1[N+](=O)[O-].Cc1ccnc(Br)c1[N+](=O)[O-]. The van der Waals surface area contributed by atoms with Gasteiger partial charge in [-0.15, -0.1) is 0 Å². The predicted octanol–water partition coefficient (Wildman–Crippen LogP) is 4.12. The van der Waals surface area contributed by atoms with E-state index in [0.29, 0.717) is 11.1 Å². The Balaban J connectivity index is 0.000000220. The second-order valence-corrected chi connectivity index (χ2v) is 5.55. The summed E-state index contributed by atoms with van der Waals surface area (Å²) in [5.74, 6) is 0. The Hall–Kier alpha value is -1.94. The Morgan fingerprint density at radius 2 is 1.18 bits per heavy atom. The van der Waals surface area contributed by atoms with E-state index < -0.39 is 9.85 Å². The summed E-state index contributed by atoms with van der Waals surface area (Å²) in [5, 5.41) is 20.8. The maximum Gasteiger partial charge on any atom is 0.304 e. The van der Waals surface area contributed by atoms with Crippen LogP contribution < -0.4 is 0 Å². The molecule has 116 valence electrons. The lowest BCUT2D eigenvalue weighted by molar-refractivity contribution is -0.386. The molecule has 0 unspecified atom stereocenters. The largest absolute Gasteiger partial charge is 0.304 e. The molecular weight excluding hydrogens is 424 g/mol. The molecule has 0 saturated carbocycles. The highest BCUT2D eigenvalue weighted by atomic mass is 79.9. The lowest BCUT2D eigenvalue weighted by Gasteiger charge is -1.96. The smallest absolute Gasteiger partial charge is 0.258 e. The van der Waals surface area contributed by atoms with Crippen LogP contribution in [-0.2, 0) is 0 Å². The van der Waals surface area contributed by atoms with Gasteiger partial charge < -0.3 is 0 Å². The zero-order valence-electron chi connectivity index (χ0n) is 11.5. The van der Waals surface area contributed by atoms with Crippen molar-refractivity contribution in [2.24, 2.45) is 0 Å². The van der Waals surface area contributed by atoms with Crippen LogP contribution in [-0.4, -0.2) is 19.8 Å². The van der Waals surface area contributed by atoms with Crippen molar-refractivity contribution in [2.75, 3.05) is 0 Å². The van der Waals surface area contributed by atoms with E-state index >= 15 is 0 Å². The normalized spacial score (nSPS) is 9.64. The number of hydrogen-bond acceptors (Lipinski definition) is 6. The molecule has 8 nitrogen and oxygen atoms in total. The van der Waals surface area contributed by atoms with E-state index in [-0.39, 0.29) is 20.6 Å². The van der Waals surface area contributed by atoms with Gasteiger partial charge in [-0.3, -0.25) is 20.2 Å². The molecule has 0 bridgehead atoms. The number of nitro groups is 2. The standard InChI is InChI=1S/2C6H5BrN2O2/c2*1-4-2-3-8-6(7)5(4)9(10)11/h2*2-3H,1H3. The molecule has 0 radical (unpaired) electrons. The second-order valence-electron chi connectivity index (χ2n) is 4.05. The number of pyridine rings is 2. The van der Waals surface area contributed by atoms with Gasteiger partial charge in [-0.25, -0.2) is 9.97 Å². The molecule has 0 amide bonds. The van der Waals surface area contributed by atoms with E-state index in [9.17, 15) is 20.2 Å². The highest BCUT2D eigenvalue weighted by Gasteiger charge is 2.15. The van der Waals surface area contributed by atoms with E-state index in [0.717, 1.165) is 0 Å². The Morgan fingerprint density at radius 1 is 0.864 bits per heavy atom. The summed E-state index contributed by atoms with van der Waals surface area (Å²) >= 11 is 5.99. The first-order valence-corrected chi connectivity index (χ1v) is 7.35. The Morgan fingerprint density at radius 3 is 1.36 bits per heavy atom. The van der Waals surface area contributed by atoms with Crippen LogP contribution in [0.15, 0.2) is 33.7 Å². The first-order valence-electron chi connectivity index (χ1n) is 5.76. The fourth-order valence-corrected chi connectivity index (χ4v) is 2.62. The van der Waals surface area contributed by atoms with Crippen LogP contribution in [0.1, 0.15) is 11.1 Å². The number of nitrogens with zero attached hydrogens (tertiary/aromatic N) is 4. The minimum Gasteiger partial charge on any atom is -0.258 e. The molecule has 2 heterocycles. The third kappa shape index (κ3) is 4.53. The summed E-state index contributed by atoms with van der Waals surface area (Å²) in [6.07, 6.45) is 3.04. The van der Waals surface area contributed by atoms with Gasteiger partial charge in [0.05, 0.1) is 9.85 Å². The molecule has 10 heteroatoms. The average Bonchev–Trinajstić information content (AvgIpc) is 2.38. The Bertz CT molecular complexity index is 622. The molecule has 0 saturated heterocycles. The summed E-state index contributed by atoms with van der Waals surface area (Å²) < 4.78 is 0.560. The average molecular weight is 434 g/mol. The van der Waals surface area contributed by atoms with Crippen molar-refractivity contribution >= 4 is 43.2 Å². The zero-order chi connectivity index (χ0) is 16.9. The first-order chi connectivity index (χ1) is 10.3. The number of rotatable bonds is 2. The quantitative estimate of drug-likeness (QED) is 0.400. The Labute approximate surface area is 142 Å². The first kappa shape index (κ1) is 18.1. The number of aryl methyl sites for hydroxylation is 2. The number of aromatic nitrogens is 2. The third-order valence-corrected chi connectivity index (χ3v) is 3.69. The molecule has 0 atom stereocenters. The summed E-state index contributed by atoms with van der Waals surface area (Å²) in [6.45, 7) is 3.34. The molecule has 0 fully saturated rings. The molecule has 0 aliphatic carbocycles. The molecule has 22 heavy (non-hydrogen) atoms. The monoisotopic (exact) mass is 432 g/mol. The van der Waals surface area contributed by atoms with Crippen molar-refractivity contribution in [1.82, 2.24) is 9.97 Å². The third-order valence-electron chi connectivity index (χ3n) is 2.53. The van der Waals surface area contributed by atoms with Crippen LogP contribution in [0, 0.1) is 34.1 Å². The van der Waals surface area contributed by atoms with Gasteiger partial charge in [-0.05, 0) is 57.8 Å². The molecule has 0 aromatic carbocycles. The summed E-state index contributed by atoms with van der Waals surface area (Å²) in [7, 11) is 0. The van der Waals surface area contributed by atoms with E-state index in [1.807, 2.05) is 0 Å². The van der Waals surface area contributed by atoms with Crippen molar-refractivity contribution in [1.29, 1.82) is 0 Å². The molecule has 2 aromatic rings. The maximum atomic E-state index is 10.4. The van der Waals surface area contributed by atoms with Crippen LogP contribution in [0.2, 0.25) is 0 Å². The van der Waals surface area contributed by atoms with Crippen LogP contribution in [0.5, 0.6) is 0 Å². The van der Waals surface area contributed by atoms with Crippen molar-refractivity contribution in [3.8, 4) is 0 Å². The van der Waals surface area contributed by atoms with Gasteiger partial charge >= 0.3 is 11.4 Å². The lowest BCUT2D eigenvalue weighted by atomic mass is 10.3. The number of hydrogen-bond donors (Lipinski definition) is 0. The van der Waals surface area contributed by atoms with Crippen molar-refractivity contribution in [2.45, 2.75) is 13.8 Å². The van der Waals surface area contributed by atoms with Gasteiger partial charge in [0.25, 0.3) is 0 Å². The molecule has 0 aliphatic rings. The van der Waals surface area contributed by atoms with Crippen LogP contribution in [0.3, 0.4) is 0 Å². The summed E-state index contributed by atoms with van der Waals surface area (Å²) in [5.41, 5.74) is 1.29. The molecular formula is C12H10Br2N4O4. The van der Waals surface area contributed by atoms with E-state index in [4.69, 9.17) is 0 Å². The van der Waals surface area contributed by atoms with Gasteiger partial charge in [0.15, 0.2) is 9.21 Å². The Kier molecular flexibility index (Phi) is 6.50. The fraction of sp³-hybridized carbons (Fsp3) is 0.167. The summed E-state index contributed by atoms with van der Waals surface area (Å²) in [4.78, 5) is 27.3. The molecule has 0 aliphatic heterocycles. The van der Waals surface area contributed by atoms with Gasteiger partial charge in [-0.1, -0.05) is 0 Å². The van der Waals surface area contributed by atoms with Crippen molar-refractivity contribution in [3.63, 3.8) is 0 Å². The highest BCUT2D eigenvalue weighted by Crippen LogP contribution is 2.25. The van der Waals surface area contributed by atoms with Crippen molar-refractivity contribution < 1.29 is 9.85 Å². The van der Waals surface area contributed by atoms with Crippen molar-refractivity contribution in [3.05, 3.63) is 65.1 Å². The fourth-order valence-electron chi connectivity index (χ4n) is 1.47. The van der Waals surface area contributed by atoms with Crippen LogP contribution in [0.4, 0.5) is 11.4 Å². The van der Waals surface area contributed by atoms with Crippen LogP contribution in [0.25, 0.3) is 0 Å². The zero-order valence-corrected chi connectivity index (χ0v) is 14.7. The van der Waals surface area contributed by atoms with Gasteiger partial charge in [0.1, 0.15) is 0 Å². The molecule has 0 spiro atoms. The minimum atomic E-state index is -0.452. The second kappa shape index (κ2) is 7.90. The molecule has 2 rings (SSSR count).